The molecule has 0 atom stereocenters. The molecule has 4 heterocycles. The molecule has 2 aliphatic rings. The zero-order chi connectivity index (χ0) is 21.3. The second kappa shape index (κ2) is 8.21. The van der Waals surface area contributed by atoms with E-state index in [-0.39, 0.29) is 18.2 Å². The smallest absolute Gasteiger partial charge is 0.353 e. The summed E-state index contributed by atoms with van der Waals surface area (Å²) >= 11 is 1.37. The zero-order valence-electron chi connectivity index (χ0n) is 16.1. The Kier molecular flexibility index (Phi) is 5.63. The van der Waals surface area contributed by atoms with E-state index in [1.807, 2.05) is 4.90 Å². The molecule has 0 aliphatic carbocycles. The van der Waals surface area contributed by atoms with Crippen LogP contribution >= 0.6 is 11.3 Å². The molecule has 0 unspecified atom stereocenters. The van der Waals surface area contributed by atoms with Gasteiger partial charge in [0, 0.05) is 50.7 Å². The molecule has 2 fully saturated rings. The standard InChI is InChI=1S/C19H20F3N5O2S/c20-19(21,22)13-3-4-15(23-11-13)25-6-8-26(9-7-25)17(29)10-14-12-30-18(24-14)27-5-1-2-16(27)28/h3-4,11-12H,1-2,5-10H2. The van der Waals surface area contributed by atoms with Gasteiger partial charge in [-0.1, -0.05) is 0 Å². The Labute approximate surface area is 175 Å². The van der Waals surface area contributed by atoms with E-state index in [4.69, 9.17) is 0 Å². The van der Waals surface area contributed by atoms with Crippen molar-refractivity contribution in [3.05, 3.63) is 35.0 Å². The second-order valence-electron chi connectivity index (χ2n) is 7.22. The van der Waals surface area contributed by atoms with Gasteiger partial charge >= 0.3 is 6.18 Å². The summed E-state index contributed by atoms with van der Waals surface area (Å²) in [6.45, 7) is 2.58. The maximum absolute atomic E-state index is 12.7. The maximum Gasteiger partial charge on any atom is 0.417 e. The largest absolute Gasteiger partial charge is 0.417 e. The van der Waals surface area contributed by atoms with Crippen molar-refractivity contribution in [1.82, 2.24) is 14.9 Å². The van der Waals surface area contributed by atoms with E-state index >= 15 is 0 Å². The lowest BCUT2D eigenvalue weighted by Crippen LogP contribution is -2.49. The Morgan fingerprint density at radius 3 is 2.50 bits per heavy atom. The molecule has 2 saturated heterocycles. The molecule has 11 heteroatoms. The van der Waals surface area contributed by atoms with Gasteiger partial charge in [-0.2, -0.15) is 13.2 Å². The Balaban J connectivity index is 1.30. The number of piperazine rings is 1. The van der Waals surface area contributed by atoms with Crippen LogP contribution in [0.2, 0.25) is 0 Å². The highest BCUT2D eigenvalue weighted by Gasteiger charge is 2.31. The van der Waals surface area contributed by atoms with Crippen LogP contribution in [-0.2, 0) is 22.2 Å². The molecule has 0 saturated carbocycles. The summed E-state index contributed by atoms with van der Waals surface area (Å²) in [6, 6.07) is 2.38. The van der Waals surface area contributed by atoms with Crippen molar-refractivity contribution in [3.63, 3.8) is 0 Å². The SMILES string of the molecule is O=C(Cc1csc(N2CCCC2=O)n1)N1CCN(c2ccc(C(F)(F)F)cn2)CC1. The molecule has 7 nitrogen and oxygen atoms in total. The number of amides is 2. The third-order valence-corrected chi connectivity index (χ3v) is 6.12. The quantitative estimate of drug-likeness (QED) is 0.733. The molecule has 0 spiro atoms. The molecule has 2 aromatic heterocycles. The minimum Gasteiger partial charge on any atom is -0.353 e. The van der Waals surface area contributed by atoms with Crippen molar-refractivity contribution < 1.29 is 22.8 Å². The van der Waals surface area contributed by atoms with Crippen molar-refractivity contribution in [2.75, 3.05) is 42.5 Å². The predicted molar refractivity (Wildman–Crippen MR) is 105 cm³/mol. The molecule has 0 radical (unpaired) electrons. The summed E-state index contributed by atoms with van der Waals surface area (Å²) < 4.78 is 38.0. The molecular formula is C19H20F3N5O2S. The highest BCUT2D eigenvalue weighted by Crippen LogP contribution is 2.29. The first-order chi connectivity index (χ1) is 14.3. The number of hydrogen-bond donors (Lipinski definition) is 0. The first-order valence-electron chi connectivity index (χ1n) is 9.62. The third-order valence-electron chi connectivity index (χ3n) is 5.21. The summed E-state index contributed by atoms with van der Waals surface area (Å²) in [6.07, 6.45) is -2.06. The maximum atomic E-state index is 12.7. The van der Waals surface area contributed by atoms with Crippen LogP contribution in [0.5, 0.6) is 0 Å². The van der Waals surface area contributed by atoms with E-state index < -0.39 is 11.7 Å². The van der Waals surface area contributed by atoms with E-state index in [0.717, 1.165) is 18.7 Å². The number of halogens is 3. The van der Waals surface area contributed by atoms with Gasteiger partial charge in [-0.25, -0.2) is 9.97 Å². The van der Waals surface area contributed by atoms with E-state index in [1.54, 1.807) is 15.2 Å². The molecule has 0 aromatic carbocycles. The Morgan fingerprint density at radius 1 is 1.13 bits per heavy atom. The molecule has 0 bridgehead atoms. The number of rotatable bonds is 4. The number of nitrogens with zero attached hydrogens (tertiary/aromatic N) is 5. The lowest BCUT2D eigenvalue weighted by Gasteiger charge is -2.35. The van der Waals surface area contributed by atoms with Crippen molar-refractivity contribution >= 4 is 34.1 Å². The Hall–Kier alpha value is -2.69. The number of anilines is 2. The van der Waals surface area contributed by atoms with Crippen LogP contribution in [-0.4, -0.2) is 59.4 Å². The summed E-state index contributed by atoms with van der Waals surface area (Å²) in [4.78, 5) is 38.0. The average molecular weight is 439 g/mol. The predicted octanol–water partition coefficient (Wildman–Crippen LogP) is 2.58. The number of alkyl halides is 3. The number of pyridine rings is 1. The van der Waals surface area contributed by atoms with Crippen LogP contribution in [0.3, 0.4) is 0 Å². The highest BCUT2D eigenvalue weighted by molar-refractivity contribution is 7.14. The lowest BCUT2D eigenvalue weighted by molar-refractivity contribution is -0.138. The van der Waals surface area contributed by atoms with Crippen molar-refractivity contribution in [2.24, 2.45) is 0 Å². The number of carbonyl (C=O) groups excluding carboxylic acids is 2. The number of hydrogen-bond acceptors (Lipinski definition) is 6. The van der Waals surface area contributed by atoms with Crippen LogP contribution in [0.4, 0.5) is 24.1 Å². The minimum absolute atomic E-state index is 0.0559. The van der Waals surface area contributed by atoms with Gasteiger partial charge < -0.3 is 9.80 Å². The van der Waals surface area contributed by atoms with Gasteiger partial charge in [-0.05, 0) is 18.6 Å². The lowest BCUT2D eigenvalue weighted by atomic mass is 10.2. The average Bonchev–Trinajstić information content (AvgIpc) is 3.36. The second-order valence-corrected chi connectivity index (χ2v) is 8.05. The van der Waals surface area contributed by atoms with Crippen LogP contribution in [0, 0.1) is 0 Å². The van der Waals surface area contributed by atoms with Gasteiger partial charge in [0.15, 0.2) is 5.13 Å². The molecule has 30 heavy (non-hydrogen) atoms. The van der Waals surface area contributed by atoms with E-state index in [0.29, 0.717) is 55.8 Å². The summed E-state index contributed by atoms with van der Waals surface area (Å²) in [5.74, 6) is 0.476. The molecule has 2 aromatic rings. The third kappa shape index (κ3) is 4.40. The van der Waals surface area contributed by atoms with Crippen LogP contribution < -0.4 is 9.80 Å². The molecule has 2 aliphatic heterocycles. The highest BCUT2D eigenvalue weighted by atomic mass is 32.1. The van der Waals surface area contributed by atoms with Gasteiger partial charge in [0.2, 0.25) is 11.8 Å². The topological polar surface area (TPSA) is 69.6 Å². The summed E-state index contributed by atoms with van der Waals surface area (Å²) in [5.41, 5.74) is -0.134. The Morgan fingerprint density at radius 2 is 1.90 bits per heavy atom. The molecule has 4 rings (SSSR count). The first kappa shape index (κ1) is 20.6. The Bertz CT molecular complexity index is 923. The molecule has 160 valence electrons. The number of aromatic nitrogens is 2. The van der Waals surface area contributed by atoms with Crippen molar-refractivity contribution in [2.45, 2.75) is 25.4 Å². The normalized spacial score (nSPS) is 17.7. The van der Waals surface area contributed by atoms with Gasteiger partial charge in [0.25, 0.3) is 0 Å². The number of carbonyl (C=O) groups is 2. The fraction of sp³-hybridized carbons (Fsp3) is 0.474. The monoisotopic (exact) mass is 439 g/mol. The summed E-state index contributed by atoms with van der Waals surface area (Å²) in [7, 11) is 0. The van der Waals surface area contributed by atoms with Crippen LogP contribution in [0.1, 0.15) is 24.1 Å². The van der Waals surface area contributed by atoms with Crippen LogP contribution in [0.25, 0.3) is 0 Å². The van der Waals surface area contributed by atoms with E-state index in [9.17, 15) is 22.8 Å². The molecule has 0 N–H and O–H groups in total. The van der Waals surface area contributed by atoms with Crippen molar-refractivity contribution in [3.8, 4) is 0 Å². The van der Waals surface area contributed by atoms with Gasteiger partial charge in [-0.15, -0.1) is 11.3 Å². The van der Waals surface area contributed by atoms with Crippen molar-refractivity contribution in [1.29, 1.82) is 0 Å². The van der Waals surface area contributed by atoms with Gasteiger partial charge in [-0.3, -0.25) is 14.5 Å². The summed E-state index contributed by atoms with van der Waals surface area (Å²) in [5, 5.41) is 2.44. The van der Waals surface area contributed by atoms with Gasteiger partial charge in [0.05, 0.1) is 17.7 Å². The zero-order valence-corrected chi connectivity index (χ0v) is 16.9. The fourth-order valence-corrected chi connectivity index (χ4v) is 4.41. The molecule has 2 amide bonds. The first-order valence-corrected chi connectivity index (χ1v) is 10.5. The molecular weight excluding hydrogens is 419 g/mol. The number of thiazole rings is 1. The minimum atomic E-state index is -4.41. The fourth-order valence-electron chi connectivity index (χ4n) is 3.54. The van der Waals surface area contributed by atoms with E-state index in [1.165, 1.54) is 17.4 Å². The van der Waals surface area contributed by atoms with Gasteiger partial charge in [0.1, 0.15) is 5.82 Å². The van der Waals surface area contributed by atoms with E-state index in [2.05, 4.69) is 9.97 Å². The van der Waals surface area contributed by atoms with Crippen LogP contribution in [0.15, 0.2) is 23.7 Å².